The van der Waals surface area contributed by atoms with Crippen LogP contribution in [-0.2, 0) is 11.2 Å². The third-order valence-corrected chi connectivity index (χ3v) is 7.74. The summed E-state index contributed by atoms with van der Waals surface area (Å²) in [6.45, 7) is 4.21. The average molecular weight is 587 g/mol. The molecule has 0 unspecified atom stereocenters. The molecule has 1 aromatic heterocycles. The number of ether oxygens (including phenoxy) is 1. The molecule has 0 spiro atoms. The first-order valence-corrected chi connectivity index (χ1v) is 14.7. The number of carbonyl (C=O) groups is 2. The third-order valence-electron chi connectivity index (χ3n) is 7.49. The Hall–Kier alpha value is -4.74. The standard InChI is InChI=1S/C37H31ClN2O3/c1-24(2)18-25-8-10-27(11-9-25)32-19-30(26-6-4-3-5-7-26)20-33(39-32)29-14-17-36-34(21-29)40(37(42)23-43-36)22-35(41)28-12-15-31(38)16-13-28/h3-17,19-21,24H,18,22-23H2,1-2H3. The first-order chi connectivity index (χ1) is 20.8. The second kappa shape index (κ2) is 12.2. The van der Waals surface area contributed by atoms with E-state index in [9.17, 15) is 9.59 Å². The summed E-state index contributed by atoms with van der Waals surface area (Å²) in [7, 11) is 0. The van der Waals surface area contributed by atoms with Crippen molar-refractivity contribution in [2.24, 2.45) is 5.92 Å². The fraction of sp³-hybridized carbons (Fsp3) is 0.162. The zero-order chi connectivity index (χ0) is 29.9. The molecule has 4 aromatic carbocycles. The van der Waals surface area contributed by atoms with Gasteiger partial charge in [-0.3, -0.25) is 14.5 Å². The number of aromatic nitrogens is 1. The van der Waals surface area contributed by atoms with E-state index >= 15 is 0 Å². The van der Waals surface area contributed by atoms with E-state index in [0.717, 1.165) is 40.1 Å². The van der Waals surface area contributed by atoms with E-state index in [0.29, 0.717) is 27.9 Å². The van der Waals surface area contributed by atoms with Crippen LogP contribution in [0, 0.1) is 5.92 Å². The monoisotopic (exact) mass is 586 g/mol. The lowest BCUT2D eigenvalue weighted by molar-refractivity contribution is -0.121. The van der Waals surface area contributed by atoms with Crippen LogP contribution in [0.15, 0.2) is 109 Å². The van der Waals surface area contributed by atoms with Crippen LogP contribution in [0.25, 0.3) is 33.6 Å². The molecule has 1 aliphatic heterocycles. The SMILES string of the molecule is CC(C)Cc1ccc(-c2cc(-c3ccccc3)cc(-c3ccc4c(c3)N(CC(=O)c3ccc(Cl)cc3)C(=O)CO4)n2)cc1. The number of halogens is 1. The molecule has 0 N–H and O–H groups in total. The predicted molar refractivity (Wildman–Crippen MR) is 173 cm³/mol. The lowest BCUT2D eigenvalue weighted by atomic mass is 9.98. The number of pyridine rings is 1. The molecule has 0 bridgehead atoms. The van der Waals surface area contributed by atoms with Gasteiger partial charge < -0.3 is 4.74 Å². The molecule has 0 fully saturated rings. The summed E-state index contributed by atoms with van der Waals surface area (Å²) in [5.41, 5.74) is 7.90. The lowest BCUT2D eigenvalue weighted by Gasteiger charge is -2.29. The van der Waals surface area contributed by atoms with Gasteiger partial charge in [-0.05, 0) is 83.6 Å². The number of benzene rings is 4. The Morgan fingerprint density at radius 1 is 0.814 bits per heavy atom. The number of carbonyl (C=O) groups excluding carboxylic acids is 2. The fourth-order valence-corrected chi connectivity index (χ4v) is 5.44. The van der Waals surface area contributed by atoms with Crippen molar-refractivity contribution in [2.75, 3.05) is 18.1 Å². The largest absolute Gasteiger partial charge is 0.482 e. The van der Waals surface area contributed by atoms with Crippen molar-refractivity contribution in [2.45, 2.75) is 20.3 Å². The average Bonchev–Trinajstić information content (AvgIpc) is 3.03. The zero-order valence-corrected chi connectivity index (χ0v) is 24.8. The molecule has 0 radical (unpaired) electrons. The molecule has 6 heteroatoms. The van der Waals surface area contributed by atoms with Crippen molar-refractivity contribution < 1.29 is 14.3 Å². The van der Waals surface area contributed by atoms with E-state index in [1.807, 2.05) is 36.4 Å². The third kappa shape index (κ3) is 6.37. The molecule has 1 aliphatic rings. The van der Waals surface area contributed by atoms with Gasteiger partial charge in [0.05, 0.1) is 23.6 Å². The van der Waals surface area contributed by atoms with Gasteiger partial charge in [-0.25, -0.2) is 4.98 Å². The summed E-state index contributed by atoms with van der Waals surface area (Å²) in [6.07, 6.45) is 1.02. The summed E-state index contributed by atoms with van der Waals surface area (Å²) in [6, 6.07) is 35.3. The molecule has 43 heavy (non-hydrogen) atoms. The number of hydrogen-bond donors (Lipinski definition) is 0. The highest BCUT2D eigenvalue weighted by Gasteiger charge is 2.28. The van der Waals surface area contributed by atoms with Crippen LogP contribution in [0.3, 0.4) is 0 Å². The Bertz CT molecular complexity index is 1780. The van der Waals surface area contributed by atoms with Crippen LogP contribution in [0.4, 0.5) is 5.69 Å². The van der Waals surface area contributed by atoms with E-state index < -0.39 is 0 Å². The number of amides is 1. The van der Waals surface area contributed by atoms with Gasteiger partial charge >= 0.3 is 0 Å². The van der Waals surface area contributed by atoms with Gasteiger partial charge in [0.1, 0.15) is 5.75 Å². The van der Waals surface area contributed by atoms with Crippen LogP contribution in [0.1, 0.15) is 29.8 Å². The van der Waals surface area contributed by atoms with E-state index in [1.165, 1.54) is 10.5 Å². The Morgan fingerprint density at radius 2 is 1.49 bits per heavy atom. The molecule has 0 saturated heterocycles. The van der Waals surface area contributed by atoms with Crippen LogP contribution in [0.2, 0.25) is 5.02 Å². The number of hydrogen-bond acceptors (Lipinski definition) is 4. The van der Waals surface area contributed by atoms with E-state index in [-0.39, 0.29) is 24.8 Å². The molecule has 0 atom stereocenters. The second-order valence-electron chi connectivity index (χ2n) is 11.2. The minimum Gasteiger partial charge on any atom is -0.482 e. The molecule has 6 rings (SSSR count). The van der Waals surface area contributed by atoms with Crippen molar-refractivity contribution in [3.8, 4) is 39.4 Å². The van der Waals surface area contributed by atoms with Gasteiger partial charge in [0.2, 0.25) is 0 Å². The minimum absolute atomic E-state index is 0.105. The van der Waals surface area contributed by atoms with Crippen LogP contribution in [-0.4, -0.2) is 29.8 Å². The second-order valence-corrected chi connectivity index (χ2v) is 11.6. The summed E-state index contributed by atoms with van der Waals surface area (Å²) in [4.78, 5) is 32.7. The number of Topliss-reactive ketones (excluding diaryl/α,β-unsaturated/α-hetero) is 1. The molecule has 2 heterocycles. The molecule has 5 nitrogen and oxygen atoms in total. The van der Waals surface area contributed by atoms with Crippen LogP contribution in [0.5, 0.6) is 5.75 Å². The minimum atomic E-state index is -0.278. The molecular formula is C37H31ClN2O3. The predicted octanol–water partition coefficient (Wildman–Crippen LogP) is 8.54. The van der Waals surface area contributed by atoms with Crippen molar-refractivity contribution in [3.63, 3.8) is 0 Å². The fourth-order valence-electron chi connectivity index (χ4n) is 5.31. The summed E-state index contributed by atoms with van der Waals surface area (Å²) in [5, 5.41) is 0.546. The number of nitrogens with zero attached hydrogens (tertiary/aromatic N) is 2. The summed E-state index contributed by atoms with van der Waals surface area (Å²) in [5.74, 6) is 0.668. The van der Waals surface area contributed by atoms with Gasteiger partial charge in [0, 0.05) is 21.7 Å². The molecule has 5 aromatic rings. The molecule has 0 aliphatic carbocycles. The van der Waals surface area contributed by atoms with Gasteiger partial charge in [-0.1, -0.05) is 80.0 Å². The maximum atomic E-state index is 13.1. The molecule has 1 amide bonds. The lowest BCUT2D eigenvalue weighted by Crippen LogP contribution is -2.42. The van der Waals surface area contributed by atoms with Gasteiger partial charge in [-0.2, -0.15) is 0 Å². The molecule has 214 valence electrons. The maximum absolute atomic E-state index is 13.1. The number of rotatable bonds is 8. The number of ketones is 1. The normalized spacial score (nSPS) is 12.7. The molecule has 0 saturated carbocycles. The first kappa shape index (κ1) is 28.4. The van der Waals surface area contributed by atoms with Crippen molar-refractivity contribution in [1.82, 2.24) is 4.98 Å². The summed E-state index contributed by atoms with van der Waals surface area (Å²) >= 11 is 6.00. The van der Waals surface area contributed by atoms with Gasteiger partial charge in [0.25, 0.3) is 5.91 Å². The quantitative estimate of drug-likeness (QED) is 0.171. The van der Waals surface area contributed by atoms with E-state index in [4.69, 9.17) is 21.3 Å². The van der Waals surface area contributed by atoms with E-state index in [1.54, 1.807) is 24.3 Å². The highest BCUT2D eigenvalue weighted by atomic mass is 35.5. The number of fused-ring (bicyclic) bond motifs is 1. The highest BCUT2D eigenvalue weighted by molar-refractivity contribution is 6.30. The first-order valence-electron chi connectivity index (χ1n) is 14.4. The topological polar surface area (TPSA) is 59.5 Å². The summed E-state index contributed by atoms with van der Waals surface area (Å²) < 4.78 is 5.74. The zero-order valence-electron chi connectivity index (χ0n) is 24.1. The van der Waals surface area contributed by atoms with Gasteiger partial charge in [-0.15, -0.1) is 0 Å². The molecular weight excluding hydrogens is 556 g/mol. The van der Waals surface area contributed by atoms with Gasteiger partial charge in [0.15, 0.2) is 12.4 Å². The van der Waals surface area contributed by atoms with Crippen molar-refractivity contribution >= 4 is 29.0 Å². The Kier molecular flexibility index (Phi) is 8.08. The Labute approximate surface area is 256 Å². The Balaban J connectivity index is 1.40. The smallest absolute Gasteiger partial charge is 0.265 e. The van der Waals surface area contributed by atoms with E-state index in [2.05, 4.69) is 62.4 Å². The maximum Gasteiger partial charge on any atom is 0.265 e. The van der Waals surface area contributed by atoms with Crippen LogP contribution < -0.4 is 9.64 Å². The van der Waals surface area contributed by atoms with Crippen molar-refractivity contribution in [1.29, 1.82) is 0 Å². The Morgan fingerprint density at radius 3 is 2.19 bits per heavy atom. The van der Waals surface area contributed by atoms with Crippen LogP contribution >= 0.6 is 11.6 Å². The number of anilines is 1. The highest BCUT2D eigenvalue weighted by Crippen LogP contribution is 2.38. The van der Waals surface area contributed by atoms with Crippen molar-refractivity contribution in [3.05, 3.63) is 125 Å².